The van der Waals surface area contributed by atoms with Crippen molar-refractivity contribution in [3.8, 4) is 0 Å². The quantitative estimate of drug-likeness (QED) is 0.677. The van der Waals surface area contributed by atoms with Crippen LogP contribution in [0.4, 0.5) is 4.79 Å². The highest BCUT2D eigenvalue weighted by atomic mass is 35.5. The van der Waals surface area contributed by atoms with Crippen LogP contribution in [0.2, 0.25) is 0 Å². The van der Waals surface area contributed by atoms with E-state index in [2.05, 4.69) is 12.2 Å². The van der Waals surface area contributed by atoms with Crippen molar-refractivity contribution in [2.75, 3.05) is 26.7 Å². The van der Waals surface area contributed by atoms with Crippen LogP contribution in [0.15, 0.2) is 0 Å². The van der Waals surface area contributed by atoms with Crippen LogP contribution in [0.3, 0.4) is 0 Å². The maximum atomic E-state index is 12.8. The minimum atomic E-state index is -0.794. The molecule has 2 aliphatic rings. The standard InChI is InChI=1S/C18H32N4O3.ClH/c1-5-13-6-8-18(9-7-13)15(24)22(16(25)20-18)10-14(23)21(4)12-17(2,3)11-19;/h13H,5-12,19H2,1-4H3,(H,20,25);1H. The van der Waals surface area contributed by atoms with Gasteiger partial charge in [-0.25, -0.2) is 4.79 Å². The number of nitrogens with one attached hydrogen (secondary N) is 1. The summed E-state index contributed by atoms with van der Waals surface area (Å²) in [6, 6.07) is -0.445. The van der Waals surface area contributed by atoms with Gasteiger partial charge in [-0.15, -0.1) is 12.4 Å². The second-order valence-corrected chi connectivity index (χ2v) is 8.37. The molecule has 4 amide bonds. The number of nitrogens with zero attached hydrogens (tertiary/aromatic N) is 2. The zero-order valence-electron chi connectivity index (χ0n) is 16.3. The van der Waals surface area contributed by atoms with Crippen molar-refractivity contribution in [3.63, 3.8) is 0 Å². The molecule has 1 saturated carbocycles. The zero-order valence-corrected chi connectivity index (χ0v) is 17.2. The first-order chi connectivity index (χ1) is 11.6. The first kappa shape index (κ1) is 22.7. The summed E-state index contributed by atoms with van der Waals surface area (Å²) in [5, 5.41) is 2.86. The van der Waals surface area contributed by atoms with E-state index >= 15 is 0 Å². The normalized spacial score (nSPS) is 25.9. The van der Waals surface area contributed by atoms with Gasteiger partial charge in [0.1, 0.15) is 12.1 Å². The molecule has 8 heteroatoms. The molecule has 0 aromatic carbocycles. The molecule has 1 saturated heterocycles. The number of carbonyl (C=O) groups excluding carboxylic acids is 3. The Kier molecular flexibility index (Phi) is 7.48. The van der Waals surface area contributed by atoms with E-state index in [1.165, 1.54) is 0 Å². The Hall–Kier alpha value is -1.34. The smallest absolute Gasteiger partial charge is 0.325 e. The summed E-state index contributed by atoms with van der Waals surface area (Å²) in [4.78, 5) is 40.2. The lowest BCUT2D eigenvalue weighted by molar-refractivity contribution is -0.139. The average molecular weight is 389 g/mol. The fraction of sp³-hybridized carbons (Fsp3) is 0.833. The fourth-order valence-corrected chi connectivity index (χ4v) is 3.79. The van der Waals surface area contributed by atoms with E-state index in [0.29, 0.717) is 31.8 Å². The number of amides is 4. The molecule has 1 heterocycles. The molecular formula is C18H33ClN4O3. The lowest BCUT2D eigenvalue weighted by Gasteiger charge is -2.34. The highest BCUT2D eigenvalue weighted by Crippen LogP contribution is 2.37. The van der Waals surface area contributed by atoms with Gasteiger partial charge in [0.15, 0.2) is 0 Å². The maximum absolute atomic E-state index is 12.8. The Balaban J connectivity index is 0.00000338. The van der Waals surface area contributed by atoms with E-state index in [1.54, 1.807) is 11.9 Å². The molecule has 1 spiro atoms. The summed E-state index contributed by atoms with van der Waals surface area (Å²) in [6.45, 7) is 6.84. The Morgan fingerprint density at radius 1 is 1.35 bits per heavy atom. The summed E-state index contributed by atoms with van der Waals surface area (Å²) in [7, 11) is 1.68. The number of likely N-dealkylation sites (N-methyl/N-ethyl adjacent to an activating group) is 1. The Morgan fingerprint density at radius 2 is 1.92 bits per heavy atom. The second-order valence-electron chi connectivity index (χ2n) is 8.37. The van der Waals surface area contributed by atoms with Gasteiger partial charge in [-0.1, -0.05) is 27.2 Å². The number of hydrogen-bond acceptors (Lipinski definition) is 4. The van der Waals surface area contributed by atoms with Crippen molar-refractivity contribution in [3.05, 3.63) is 0 Å². The van der Waals surface area contributed by atoms with Crippen molar-refractivity contribution in [2.45, 2.75) is 58.4 Å². The summed E-state index contributed by atoms with van der Waals surface area (Å²) < 4.78 is 0. The number of rotatable bonds is 6. The second kappa shape index (κ2) is 8.57. The Bertz CT molecular complexity index is 545. The van der Waals surface area contributed by atoms with Gasteiger partial charge in [0.25, 0.3) is 5.91 Å². The van der Waals surface area contributed by atoms with E-state index in [-0.39, 0.29) is 36.2 Å². The van der Waals surface area contributed by atoms with Crippen LogP contribution >= 0.6 is 12.4 Å². The third-order valence-corrected chi connectivity index (χ3v) is 5.72. The molecular weight excluding hydrogens is 356 g/mol. The minimum absolute atomic E-state index is 0. The summed E-state index contributed by atoms with van der Waals surface area (Å²) in [6.07, 6.45) is 4.31. The molecule has 0 radical (unpaired) electrons. The summed E-state index contributed by atoms with van der Waals surface area (Å²) in [5.74, 6) is 0.131. The lowest BCUT2D eigenvalue weighted by atomic mass is 9.75. The summed E-state index contributed by atoms with van der Waals surface area (Å²) in [5.41, 5.74) is 4.71. The van der Waals surface area contributed by atoms with Crippen LogP contribution in [0.5, 0.6) is 0 Å². The van der Waals surface area contributed by atoms with Gasteiger partial charge in [0.2, 0.25) is 5.91 Å². The van der Waals surface area contributed by atoms with E-state index in [1.807, 2.05) is 13.8 Å². The van der Waals surface area contributed by atoms with Crippen molar-refractivity contribution < 1.29 is 14.4 Å². The molecule has 0 aromatic rings. The first-order valence-corrected chi connectivity index (χ1v) is 9.22. The van der Waals surface area contributed by atoms with Crippen LogP contribution in [-0.4, -0.2) is 59.9 Å². The van der Waals surface area contributed by atoms with Gasteiger partial charge in [-0.3, -0.25) is 14.5 Å². The summed E-state index contributed by atoms with van der Waals surface area (Å²) >= 11 is 0. The molecule has 0 atom stereocenters. The fourth-order valence-electron chi connectivity index (χ4n) is 3.79. The number of halogens is 1. The minimum Gasteiger partial charge on any atom is -0.344 e. The zero-order chi connectivity index (χ0) is 18.8. The number of carbonyl (C=O) groups is 3. The van der Waals surface area contributed by atoms with Gasteiger partial charge in [0.05, 0.1) is 0 Å². The number of urea groups is 1. The third-order valence-electron chi connectivity index (χ3n) is 5.72. The maximum Gasteiger partial charge on any atom is 0.325 e. The van der Waals surface area contributed by atoms with Crippen LogP contribution in [0.1, 0.15) is 52.9 Å². The average Bonchev–Trinajstić information content (AvgIpc) is 2.79. The molecule has 7 nitrogen and oxygen atoms in total. The molecule has 0 bridgehead atoms. The van der Waals surface area contributed by atoms with E-state index in [4.69, 9.17) is 5.73 Å². The topological polar surface area (TPSA) is 95.7 Å². The van der Waals surface area contributed by atoms with Crippen LogP contribution < -0.4 is 11.1 Å². The Morgan fingerprint density at radius 3 is 2.42 bits per heavy atom. The SMILES string of the molecule is CCC1CCC2(CC1)NC(=O)N(CC(=O)N(C)CC(C)(C)CN)C2=O.Cl. The van der Waals surface area contributed by atoms with Gasteiger partial charge < -0.3 is 16.0 Å². The molecule has 2 rings (SSSR count). The number of nitrogens with two attached hydrogens (primary N) is 1. The molecule has 2 fully saturated rings. The lowest BCUT2D eigenvalue weighted by Crippen LogP contribution is -2.50. The largest absolute Gasteiger partial charge is 0.344 e. The van der Waals surface area contributed by atoms with Crippen molar-refractivity contribution >= 4 is 30.3 Å². The monoisotopic (exact) mass is 388 g/mol. The number of hydrogen-bond donors (Lipinski definition) is 2. The van der Waals surface area contributed by atoms with Crippen LogP contribution in [0.25, 0.3) is 0 Å². The van der Waals surface area contributed by atoms with Crippen LogP contribution in [-0.2, 0) is 9.59 Å². The van der Waals surface area contributed by atoms with Gasteiger partial charge >= 0.3 is 6.03 Å². The molecule has 1 aliphatic carbocycles. The predicted molar refractivity (Wildman–Crippen MR) is 103 cm³/mol. The van der Waals surface area contributed by atoms with Crippen LogP contribution in [0, 0.1) is 11.3 Å². The molecule has 1 aliphatic heterocycles. The first-order valence-electron chi connectivity index (χ1n) is 9.22. The van der Waals surface area contributed by atoms with Crippen molar-refractivity contribution in [1.29, 1.82) is 0 Å². The van der Waals surface area contributed by atoms with Gasteiger partial charge in [-0.05, 0) is 43.6 Å². The van der Waals surface area contributed by atoms with Gasteiger partial charge in [0, 0.05) is 13.6 Å². The van der Waals surface area contributed by atoms with E-state index < -0.39 is 11.6 Å². The third kappa shape index (κ3) is 4.68. The molecule has 26 heavy (non-hydrogen) atoms. The van der Waals surface area contributed by atoms with Crippen molar-refractivity contribution in [1.82, 2.24) is 15.1 Å². The van der Waals surface area contributed by atoms with E-state index in [9.17, 15) is 14.4 Å². The highest BCUT2D eigenvalue weighted by molar-refractivity contribution is 6.09. The predicted octanol–water partition coefficient (Wildman–Crippen LogP) is 1.74. The molecule has 3 N–H and O–H groups in total. The number of imide groups is 1. The van der Waals surface area contributed by atoms with Crippen molar-refractivity contribution in [2.24, 2.45) is 17.1 Å². The van der Waals surface area contributed by atoms with Gasteiger partial charge in [-0.2, -0.15) is 0 Å². The van der Waals surface area contributed by atoms with E-state index in [0.717, 1.165) is 24.2 Å². The Labute approximate surface area is 162 Å². The molecule has 0 unspecified atom stereocenters. The molecule has 150 valence electrons. The highest BCUT2D eigenvalue weighted by Gasteiger charge is 2.52. The molecule has 0 aromatic heterocycles.